The molecule has 0 aliphatic heterocycles. The molecule has 0 bridgehead atoms. The number of hydrogen-bond donors (Lipinski definition) is 0. The quantitative estimate of drug-likeness (QED) is 0.395. The third-order valence-electron chi connectivity index (χ3n) is 3.15. The molecule has 0 N–H and O–H groups in total. The number of rotatable bonds is 2. The Labute approximate surface area is 114 Å². The van der Waals surface area contributed by atoms with Gasteiger partial charge in [0.15, 0.2) is 11.8 Å². The molecular weight excluding hydrogens is 260 g/mol. The largest absolute Gasteiger partial charge is 0.618 e. The first-order valence-electron chi connectivity index (χ1n) is 6.15. The van der Waals surface area contributed by atoms with Crippen molar-refractivity contribution in [1.29, 1.82) is 0 Å². The second kappa shape index (κ2) is 4.44. The van der Waals surface area contributed by atoms with Gasteiger partial charge in [-0.15, -0.1) is 0 Å². The first kappa shape index (κ1) is 12.3. The van der Waals surface area contributed by atoms with Gasteiger partial charge in [0.25, 0.3) is 0 Å². The van der Waals surface area contributed by atoms with Crippen LogP contribution in [-0.2, 0) is 4.74 Å². The summed E-state index contributed by atoms with van der Waals surface area (Å²) >= 11 is 0. The number of hydrogen-bond acceptors (Lipinski definition) is 5. The first-order chi connectivity index (χ1) is 9.63. The van der Waals surface area contributed by atoms with E-state index in [1.54, 1.807) is 26.1 Å². The summed E-state index contributed by atoms with van der Waals surface area (Å²) < 4.78 is 7.27. The summed E-state index contributed by atoms with van der Waals surface area (Å²) in [5, 5.41) is 16.4. The topological polar surface area (TPSA) is 83.4 Å². The standard InChI is InChI=1S/C13H12N4O3/c1-3-20-13(18)10-7-15-17-11-4-5-16(19)8(2)9(11)6-14-12(10)17/h4-7H,3H2,1-2H3. The van der Waals surface area contributed by atoms with Crippen LogP contribution in [0.2, 0.25) is 0 Å². The van der Waals surface area contributed by atoms with E-state index < -0.39 is 5.97 Å². The molecular formula is C13H12N4O3. The van der Waals surface area contributed by atoms with Gasteiger partial charge in [-0.25, -0.2) is 14.3 Å². The molecule has 0 aliphatic rings. The van der Waals surface area contributed by atoms with Crippen molar-refractivity contribution in [2.45, 2.75) is 13.8 Å². The second-order valence-corrected chi connectivity index (χ2v) is 4.30. The molecule has 0 aliphatic carbocycles. The van der Waals surface area contributed by atoms with Crippen molar-refractivity contribution in [2.75, 3.05) is 6.61 Å². The van der Waals surface area contributed by atoms with Crippen LogP contribution in [-0.4, -0.2) is 27.2 Å². The molecule has 0 saturated carbocycles. The molecule has 7 nitrogen and oxygen atoms in total. The van der Waals surface area contributed by atoms with E-state index in [0.717, 1.165) is 10.2 Å². The van der Waals surface area contributed by atoms with E-state index in [9.17, 15) is 10.0 Å². The number of esters is 1. The minimum atomic E-state index is -0.458. The van der Waals surface area contributed by atoms with Crippen LogP contribution in [0.5, 0.6) is 0 Å². The molecule has 0 atom stereocenters. The van der Waals surface area contributed by atoms with Gasteiger partial charge in [-0.1, -0.05) is 0 Å². The van der Waals surface area contributed by atoms with E-state index in [-0.39, 0.29) is 0 Å². The number of carbonyl (C=O) groups excluding carboxylic acids is 1. The molecule has 0 spiro atoms. The van der Waals surface area contributed by atoms with Crippen LogP contribution >= 0.6 is 0 Å². The summed E-state index contributed by atoms with van der Waals surface area (Å²) in [6.45, 7) is 3.74. The predicted molar refractivity (Wildman–Crippen MR) is 70.1 cm³/mol. The van der Waals surface area contributed by atoms with Crippen LogP contribution in [0, 0.1) is 12.1 Å². The van der Waals surface area contributed by atoms with Gasteiger partial charge in [0.05, 0.1) is 23.7 Å². The van der Waals surface area contributed by atoms with Crippen molar-refractivity contribution < 1.29 is 14.3 Å². The zero-order chi connectivity index (χ0) is 14.3. The van der Waals surface area contributed by atoms with Gasteiger partial charge in [0, 0.05) is 19.2 Å². The predicted octanol–water partition coefficient (Wildman–Crippen LogP) is 1.00. The number of aromatic nitrogens is 4. The molecule has 7 heteroatoms. The number of ether oxygens (including phenoxy) is 1. The van der Waals surface area contributed by atoms with Crippen molar-refractivity contribution >= 4 is 22.5 Å². The average molecular weight is 272 g/mol. The summed E-state index contributed by atoms with van der Waals surface area (Å²) in [6, 6.07) is 1.64. The summed E-state index contributed by atoms with van der Waals surface area (Å²) in [5.41, 5.74) is 1.98. The number of aryl methyl sites for hydroxylation is 1. The first-order valence-corrected chi connectivity index (χ1v) is 6.15. The highest BCUT2D eigenvalue weighted by molar-refractivity contribution is 5.97. The van der Waals surface area contributed by atoms with Gasteiger partial charge in [0.2, 0.25) is 5.69 Å². The maximum absolute atomic E-state index is 11.8. The minimum Gasteiger partial charge on any atom is -0.618 e. The Kier molecular flexibility index (Phi) is 2.74. The maximum atomic E-state index is 11.8. The second-order valence-electron chi connectivity index (χ2n) is 4.30. The summed E-state index contributed by atoms with van der Waals surface area (Å²) in [6.07, 6.45) is 4.40. The van der Waals surface area contributed by atoms with Crippen molar-refractivity contribution in [3.05, 3.63) is 41.1 Å². The lowest BCUT2D eigenvalue weighted by molar-refractivity contribution is -0.610. The van der Waals surface area contributed by atoms with Gasteiger partial charge in [-0.2, -0.15) is 9.83 Å². The average Bonchev–Trinajstić information content (AvgIpc) is 2.87. The molecule has 0 saturated heterocycles. The maximum Gasteiger partial charge on any atom is 0.343 e. The smallest absolute Gasteiger partial charge is 0.343 e. The lowest BCUT2D eigenvalue weighted by atomic mass is 10.2. The SMILES string of the molecule is CCOC(=O)c1cnn2c1ncc1c(C)[n+]([O-])ccc12. The van der Waals surface area contributed by atoms with Crippen molar-refractivity contribution in [3.8, 4) is 0 Å². The lowest BCUT2D eigenvalue weighted by Gasteiger charge is -2.05. The summed E-state index contributed by atoms with van der Waals surface area (Å²) in [4.78, 5) is 16.0. The Hall–Kier alpha value is -2.70. The molecule has 0 unspecified atom stereocenters. The molecule has 3 aromatic heterocycles. The fourth-order valence-corrected chi connectivity index (χ4v) is 2.11. The lowest BCUT2D eigenvalue weighted by Crippen LogP contribution is -2.29. The summed E-state index contributed by atoms with van der Waals surface area (Å²) in [7, 11) is 0. The van der Waals surface area contributed by atoms with Crippen molar-refractivity contribution in [2.24, 2.45) is 0 Å². The molecule has 0 radical (unpaired) electrons. The highest BCUT2D eigenvalue weighted by Crippen LogP contribution is 2.18. The van der Waals surface area contributed by atoms with E-state index in [4.69, 9.17) is 4.74 Å². The number of nitrogens with zero attached hydrogens (tertiary/aromatic N) is 4. The number of carbonyl (C=O) groups is 1. The minimum absolute atomic E-state index is 0.291. The molecule has 0 fully saturated rings. The molecule has 0 amide bonds. The molecule has 102 valence electrons. The molecule has 3 aromatic rings. The molecule has 0 aromatic carbocycles. The molecule has 3 rings (SSSR count). The van der Waals surface area contributed by atoms with E-state index >= 15 is 0 Å². The van der Waals surface area contributed by atoms with E-state index in [1.165, 1.54) is 16.9 Å². The van der Waals surface area contributed by atoms with Crippen LogP contribution in [0.15, 0.2) is 24.7 Å². The highest BCUT2D eigenvalue weighted by Gasteiger charge is 2.18. The Morgan fingerprint density at radius 2 is 2.30 bits per heavy atom. The molecule has 20 heavy (non-hydrogen) atoms. The highest BCUT2D eigenvalue weighted by atomic mass is 16.5. The van der Waals surface area contributed by atoms with E-state index in [2.05, 4.69) is 10.1 Å². The number of fused-ring (bicyclic) bond motifs is 3. The third-order valence-corrected chi connectivity index (χ3v) is 3.15. The fraction of sp³-hybridized carbons (Fsp3) is 0.231. The Bertz CT molecular complexity index is 825. The Morgan fingerprint density at radius 3 is 3.05 bits per heavy atom. The molecule has 3 heterocycles. The van der Waals surface area contributed by atoms with Gasteiger partial charge in [-0.3, -0.25) is 0 Å². The van der Waals surface area contributed by atoms with Gasteiger partial charge >= 0.3 is 5.97 Å². The summed E-state index contributed by atoms with van der Waals surface area (Å²) in [5.74, 6) is -0.458. The van der Waals surface area contributed by atoms with Crippen molar-refractivity contribution in [3.63, 3.8) is 0 Å². The van der Waals surface area contributed by atoms with Crippen LogP contribution in [0.25, 0.3) is 16.6 Å². The fourth-order valence-electron chi connectivity index (χ4n) is 2.11. The van der Waals surface area contributed by atoms with Gasteiger partial charge < -0.3 is 9.94 Å². The van der Waals surface area contributed by atoms with Crippen molar-refractivity contribution in [1.82, 2.24) is 14.6 Å². The third kappa shape index (κ3) is 1.67. The van der Waals surface area contributed by atoms with Gasteiger partial charge in [0.1, 0.15) is 5.56 Å². The zero-order valence-electron chi connectivity index (χ0n) is 11.0. The van der Waals surface area contributed by atoms with Crippen LogP contribution in [0.1, 0.15) is 23.0 Å². The van der Waals surface area contributed by atoms with E-state index in [1.807, 2.05) is 0 Å². The Morgan fingerprint density at radius 1 is 1.50 bits per heavy atom. The normalized spacial score (nSPS) is 11.1. The van der Waals surface area contributed by atoms with Crippen LogP contribution in [0.4, 0.5) is 0 Å². The monoisotopic (exact) mass is 272 g/mol. The van der Waals surface area contributed by atoms with Crippen LogP contribution in [0.3, 0.4) is 0 Å². The number of pyridine rings is 1. The zero-order valence-corrected chi connectivity index (χ0v) is 11.0. The van der Waals surface area contributed by atoms with E-state index in [0.29, 0.717) is 28.9 Å². The van der Waals surface area contributed by atoms with Crippen LogP contribution < -0.4 is 4.73 Å². The van der Waals surface area contributed by atoms with Gasteiger partial charge in [-0.05, 0) is 6.92 Å². The Balaban J connectivity index is 2.29.